The molecule has 0 heterocycles. The molecule has 0 radical (unpaired) electrons. The molecule has 3 nitrogen and oxygen atoms in total. The average Bonchev–Trinajstić information content (AvgIpc) is 2.49. The highest BCUT2D eigenvalue weighted by Gasteiger charge is 2.09. The minimum Gasteiger partial charge on any atom is -0.465 e. The minimum atomic E-state index is -0.262. The third kappa shape index (κ3) is 6.20. The molecule has 0 atom stereocenters. The van der Waals surface area contributed by atoms with E-state index in [4.69, 9.17) is 4.74 Å². The second kappa shape index (κ2) is 10.4. The first-order valence-corrected chi connectivity index (χ1v) is 7.66. The highest BCUT2D eigenvalue weighted by Crippen LogP contribution is 2.10. The van der Waals surface area contributed by atoms with Crippen LogP contribution in [0.2, 0.25) is 0 Å². The summed E-state index contributed by atoms with van der Waals surface area (Å²) in [6.45, 7) is 3.96. The van der Waals surface area contributed by atoms with Gasteiger partial charge >= 0.3 is 5.97 Å². The Morgan fingerprint density at radius 1 is 1.10 bits per heavy atom. The summed E-state index contributed by atoms with van der Waals surface area (Å²) in [5.74, 6) is -0.262. The van der Waals surface area contributed by atoms with E-state index < -0.39 is 0 Å². The molecule has 1 N–H and O–H groups in total. The number of hydrogen-bond acceptors (Lipinski definition) is 3. The predicted molar refractivity (Wildman–Crippen MR) is 82.9 cm³/mol. The van der Waals surface area contributed by atoms with E-state index in [-0.39, 0.29) is 5.97 Å². The Labute approximate surface area is 122 Å². The second-order valence-electron chi connectivity index (χ2n) is 5.09. The van der Waals surface area contributed by atoms with E-state index in [1.165, 1.54) is 45.6 Å². The molecule has 20 heavy (non-hydrogen) atoms. The van der Waals surface area contributed by atoms with Gasteiger partial charge in [-0.25, -0.2) is 4.79 Å². The van der Waals surface area contributed by atoms with Crippen LogP contribution in [0.15, 0.2) is 24.3 Å². The van der Waals surface area contributed by atoms with Gasteiger partial charge in [-0.1, -0.05) is 57.2 Å². The number of benzene rings is 1. The summed E-state index contributed by atoms with van der Waals surface area (Å²) in [5, 5.41) is 3.40. The molecule has 3 heteroatoms. The quantitative estimate of drug-likeness (QED) is 0.520. The Bertz CT molecular complexity index is 390. The molecule has 0 aliphatic carbocycles. The van der Waals surface area contributed by atoms with Gasteiger partial charge in [-0.3, -0.25) is 0 Å². The monoisotopic (exact) mass is 277 g/mol. The second-order valence-corrected chi connectivity index (χ2v) is 5.09. The zero-order chi connectivity index (χ0) is 14.6. The van der Waals surface area contributed by atoms with Gasteiger partial charge in [0.2, 0.25) is 0 Å². The van der Waals surface area contributed by atoms with Crippen LogP contribution in [-0.4, -0.2) is 19.6 Å². The number of hydrogen-bond donors (Lipinski definition) is 1. The Balaban J connectivity index is 2.23. The zero-order valence-electron chi connectivity index (χ0n) is 12.8. The van der Waals surface area contributed by atoms with Crippen LogP contribution in [0.25, 0.3) is 0 Å². The standard InChI is InChI=1S/C17H27NO2/c1-3-4-5-6-7-10-13-18-14-15-11-8-9-12-16(15)17(19)20-2/h8-9,11-12,18H,3-7,10,13-14H2,1-2H3. The molecule has 0 aliphatic heterocycles. The molecule has 112 valence electrons. The van der Waals surface area contributed by atoms with Gasteiger partial charge in [-0.2, -0.15) is 0 Å². The third-order valence-corrected chi connectivity index (χ3v) is 3.45. The molecule has 0 amide bonds. The van der Waals surface area contributed by atoms with Crippen molar-refractivity contribution in [2.75, 3.05) is 13.7 Å². The van der Waals surface area contributed by atoms with E-state index in [0.717, 1.165) is 18.7 Å². The lowest BCUT2D eigenvalue weighted by Crippen LogP contribution is -2.17. The van der Waals surface area contributed by atoms with E-state index >= 15 is 0 Å². The number of nitrogens with one attached hydrogen (secondary N) is 1. The van der Waals surface area contributed by atoms with Gasteiger partial charge in [-0.15, -0.1) is 0 Å². The molecule has 0 aromatic heterocycles. The fourth-order valence-electron chi connectivity index (χ4n) is 2.24. The first-order chi connectivity index (χ1) is 9.79. The van der Waals surface area contributed by atoms with Crippen molar-refractivity contribution in [3.05, 3.63) is 35.4 Å². The number of esters is 1. The molecule has 0 bridgehead atoms. The van der Waals surface area contributed by atoms with Crippen LogP contribution in [0.4, 0.5) is 0 Å². The van der Waals surface area contributed by atoms with E-state index in [2.05, 4.69) is 12.2 Å². The molecular formula is C17H27NO2. The maximum atomic E-state index is 11.6. The van der Waals surface area contributed by atoms with E-state index in [1.807, 2.05) is 24.3 Å². The summed E-state index contributed by atoms with van der Waals surface area (Å²) in [4.78, 5) is 11.6. The molecule has 1 aromatic rings. The molecule has 0 fully saturated rings. The fourth-order valence-corrected chi connectivity index (χ4v) is 2.24. The number of carbonyl (C=O) groups excluding carboxylic acids is 1. The van der Waals surface area contributed by atoms with Crippen molar-refractivity contribution in [1.82, 2.24) is 5.32 Å². The third-order valence-electron chi connectivity index (χ3n) is 3.45. The van der Waals surface area contributed by atoms with Gasteiger partial charge in [0.05, 0.1) is 12.7 Å². The summed E-state index contributed by atoms with van der Waals surface area (Å²) in [5.41, 5.74) is 1.66. The Morgan fingerprint density at radius 3 is 2.55 bits per heavy atom. The van der Waals surface area contributed by atoms with E-state index in [1.54, 1.807) is 0 Å². The van der Waals surface area contributed by atoms with Crippen molar-refractivity contribution in [3.8, 4) is 0 Å². The van der Waals surface area contributed by atoms with Crippen molar-refractivity contribution in [2.24, 2.45) is 0 Å². The van der Waals surface area contributed by atoms with Gasteiger partial charge in [0.1, 0.15) is 0 Å². The maximum Gasteiger partial charge on any atom is 0.338 e. The number of ether oxygens (including phenoxy) is 1. The van der Waals surface area contributed by atoms with Crippen molar-refractivity contribution in [3.63, 3.8) is 0 Å². The fraction of sp³-hybridized carbons (Fsp3) is 0.588. The Kier molecular flexibility index (Phi) is 8.72. The van der Waals surface area contributed by atoms with Crippen LogP contribution in [-0.2, 0) is 11.3 Å². The van der Waals surface area contributed by atoms with Crippen LogP contribution >= 0.6 is 0 Å². The normalized spacial score (nSPS) is 10.5. The summed E-state index contributed by atoms with van der Waals surface area (Å²) in [6, 6.07) is 7.60. The summed E-state index contributed by atoms with van der Waals surface area (Å²) in [7, 11) is 1.42. The lowest BCUT2D eigenvalue weighted by Gasteiger charge is -2.09. The Hall–Kier alpha value is -1.35. The lowest BCUT2D eigenvalue weighted by atomic mass is 10.1. The summed E-state index contributed by atoms with van der Waals surface area (Å²) >= 11 is 0. The van der Waals surface area contributed by atoms with Crippen LogP contribution < -0.4 is 5.32 Å². The topological polar surface area (TPSA) is 38.3 Å². The molecule has 1 rings (SSSR count). The minimum absolute atomic E-state index is 0.262. The molecule has 0 saturated heterocycles. The van der Waals surface area contributed by atoms with E-state index in [9.17, 15) is 4.79 Å². The first kappa shape index (κ1) is 16.7. The zero-order valence-corrected chi connectivity index (χ0v) is 12.8. The number of methoxy groups -OCH3 is 1. The van der Waals surface area contributed by atoms with Crippen molar-refractivity contribution in [2.45, 2.75) is 52.0 Å². The Morgan fingerprint density at radius 2 is 1.80 bits per heavy atom. The number of unbranched alkanes of at least 4 members (excludes halogenated alkanes) is 5. The van der Waals surface area contributed by atoms with Gasteiger partial charge in [-0.05, 0) is 24.6 Å². The molecule has 0 spiro atoms. The molecular weight excluding hydrogens is 250 g/mol. The smallest absolute Gasteiger partial charge is 0.338 e. The van der Waals surface area contributed by atoms with Crippen molar-refractivity contribution in [1.29, 1.82) is 0 Å². The molecule has 0 unspecified atom stereocenters. The van der Waals surface area contributed by atoms with Crippen LogP contribution in [0.5, 0.6) is 0 Å². The van der Waals surface area contributed by atoms with Crippen molar-refractivity contribution < 1.29 is 9.53 Å². The molecule has 0 saturated carbocycles. The molecule has 1 aromatic carbocycles. The number of carbonyl (C=O) groups is 1. The van der Waals surface area contributed by atoms with Gasteiger partial charge in [0.15, 0.2) is 0 Å². The predicted octanol–water partition coefficient (Wildman–Crippen LogP) is 3.92. The maximum absolute atomic E-state index is 11.6. The van der Waals surface area contributed by atoms with Gasteiger partial charge < -0.3 is 10.1 Å². The van der Waals surface area contributed by atoms with Gasteiger partial charge in [0, 0.05) is 6.54 Å². The van der Waals surface area contributed by atoms with Crippen LogP contribution in [0.1, 0.15) is 61.4 Å². The highest BCUT2D eigenvalue weighted by atomic mass is 16.5. The van der Waals surface area contributed by atoms with Gasteiger partial charge in [0.25, 0.3) is 0 Å². The first-order valence-electron chi connectivity index (χ1n) is 7.66. The largest absolute Gasteiger partial charge is 0.465 e. The summed E-state index contributed by atoms with van der Waals surface area (Å²) < 4.78 is 4.79. The van der Waals surface area contributed by atoms with E-state index in [0.29, 0.717) is 5.56 Å². The lowest BCUT2D eigenvalue weighted by molar-refractivity contribution is 0.0599. The van der Waals surface area contributed by atoms with Crippen molar-refractivity contribution >= 4 is 5.97 Å². The number of rotatable bonds is 10. The molecule has 0 aliphatic rings. The van der Waals surface area contributed by atoms with Crippen LogP contribution in [0.3, 0.4) is 0 Å². The SMILES string of the molecule is CCCCCCCCNCc1ccccc1C(=O)OC. The highest BCUT2D eigenvalue weighted by molar-refractivity contribution is 5.90. The summed E-state index contributed by atoms with van der Waals surface area (Å²) in [6.07, 6.45) is 7.80. The average molecular weight is 277 g/mol. The van der Waals surface area contributed by atoms with Crippen LogP contribution in [0, 0.1) is 0 Å².